The molecular formula is C4H8Cl2O. The zero-order chi connectivity index (χ0) is 5.91. The van der Waals surface area contributed by atoms with Crippen LogP contribution < -0.4 is 0 Å². The van der Waals surface area contributed by atoms with Crippen LogP contribution in [0.1, 0.15) is 13.3 Å². The maximum absolute atomic E-state index is 8.23. The van der Waals surface area contributed by atoms with Crippen molar-refractivity contribution in [3.63, 3.8) is 0 Å². The Balaban J connectivity index is 3.15. The Bertz CT molecular complexity index is 48.1. The first-order chi connectivity index (χ1) is 3.06. The van der Waals surface area contributed by atoms with Crippen LogP contribution in [-0.2, 0) is 0 Å². The molecule has 0 saturated carbocycles. The van der Waals surface area contributed by atoms with Crippen molar-refractivity contribution in [3.05, 3.63) is 0 Å². The molecule has 0 aromatic rings. The minimum Gasteiger partial charge on any atom is -0.396 e. The molecule has 0 saturated heterocycles. The molecule has 0 radical (unpaired) electrons. The fourth-order valence-electron chi connectivity index (χ4n) is 0.196. The Hall–Kier alpha value is 0.540. The standard InChI is InChI=1S/C4H8Cl2O/c1-4(5,6)2-3-7/h7H,2-3H2,1H3. The van der Waals surface area contributed by atoms with E-state index in [0.29, 0.717) is 6.42 Å². The third-order valence-electron chi connectivity index (χ3n) is 0.551. The first kappa shape index (κ1) is 7.54. The molecule has 0 aliphatic heterocycles. The van der Waals surface area contributed by atoms with Crippen molar-refractivity contribution in [1.82, 2.24) is 0 Å². The number of halogens is 2. The normalized spacial score (nSPS) is 12.0. The quantitative estimate of drug-likeness (QED) is 0.581. The van der Waals surface area contributed by atoms with Crippen LogP contribution in [0, 0.1) is 0 Å². The van der Waals surface area contributed by atoms with Crippen LogP contribution in [0.5, 0.6) is 0 Å². The van der Waals surface area contributed by atoms with E-state index in [0.717, 1.165) is 0 Å². The summed E-state index contributed by atoms with van der Waals surface area (Å²) in [7, 11) is 0. The van der Waals surface area contributed by atoms with Gasteiger partial charge in [0, 0.05) is 13.0 Å². The van der Waals surface area contributed by atoms with Crippen LogP contribution >= 0.6 is 23.2 Å². The summed E-state index contributed by atoms with van der Waals surface area (Å²) in [5.74, 6) is 0. The van der Waals surface area contributed by atoms with Gasteiger partial charge in [-0.15, -0.1) is 23.2 Å². The molecule has 1 nitrogen and oxygen atoms in total. The van der Waals surface area contributed by atoms with E-state index in [4.69, 9.17) is 28.3 Å². The number of rotatable bonds is 2. The molecular weight excluding hydrogens is 135 g/mol. The van der Waals surface area contributed by atoms with Gasteiger partial charge < -0.3 is 5.11 Å². The maximum Gasteiger partial charge on any atom is 0.117 e. The van der Waals surface area contributed by atoms with Crippen LogP contribution in [0.4, 0.5) is 0 Å². The summed E-state index contributed by atoms with van der Waals surface area (Å²) in [4.78, 5) is 0. The molecule has 0 amide bonds. The van der Waals surface area contributed by atoms with Crippen molar-refractivity contribution in [2.24, 2.45) is 0 Å². The van der Waals surface area contributed by atoms with Crippen LogP contribution in [0.15, 0.2) is 0 Å². The van der Waals surface area contributed by atoms with Crippen LogP contribution in [-0.4, -0.2) is 16.0 Å². The van der Waals surface area contributed by atoms with Gasteiger partial charge in [0.15, 0.2) is 0 Å². The predicted molar refractivity (Wildman–Crippen MR) is 31.8 cm³/mol. The molecule has 0 aromatic heterocycles. The van der Waals surface area contributed by atoms with Crippen LogP contribution in [0.2, 0.25) is 0 Å². The first-order valence-corrected chi connectivity index (χ1v) is 2.80. The second kappa shape index (κ2) is 2.75. The molecule has 0 unspecified atom stereocenters. The van der Waals surface area contributed by atoms with Gasteiger partial charge in [0.1, 0.15) is 4.33 Å². The van der Waals surface area contributed by atoms with Crippen LogP contribution in [0.3, 0.4) is 0 Å². The molecule has 0 fully saturated rings. The third kappa shape index (κ3) is 6.54. The van der Waals surface area contributed by atoms with E-state index in [-0.39, 0.29) is 6.61 Å². The van der Waals surface area contributed by atoms with E-state index >= 15 is 0 Å². The van der Waals surface area contributed by atoms with E-state index in [1.807, 2.05) is 0 Å². The van der Waals surface area contributed by atoms with Gasteiger partial charge in [0.2, 0.25) is 0 Å². The molecule has 1 N–H and O–H groups in total. The number of aliphatic hydroxyl groups is 1. The van der Waals surface area contributed by atoms with E-state index < -0.39 is 4.33 Å². The third-order valence-corrected chi connectivity index (χ3v) is 0.929. The average molecular weight is 143 g/mol. The summed E-state index contributed by atoms with van der Waals surface area (Å²) in [5, 5.41) is 8.23. The second-order valence-corrected chi connectivity index (χ2v) is 3.41. The number of aliphatic hydroxyl groups excluding tert-OH is 1. The summed E-state index contributed by atoms with van der Waals surface area (Å²) in [6.07, 6.45) is 0.427. The molecule has 44 valence electrons. The fourth-order valence-corrected chi connectivity index (χ4v) is 0.365. The van der Waals surface area contributed by atoms with Gasteiger partial charge in [-0.25, -0.2) is 0 Å². The highest BCUT2D eigenvalue weighted by atomic mass is 35.5. The first-order valence-electron chi connectivity index (χ1n) is 2.05. The molecule has 0 aliphatic carbocycles. The SMILES string of the molecule is CC(Cl)(Cl)CCO. The summed E-state index contributed by atoms with van der Waals surface area (Å²) in [5.41, 5.74) is 0. The smallest absolute Gasteiger partial charge is 0.117 e. The Labute approximate surface area is 53.2 Å². The highest BCUT2D eigenvalue weighted by molar-refractivity contribution is 6.48. The number of alkyl halides is 2. The average Bonchev–Trinajstić information content (AvgIpc) is 1.30. The van der Waals surface area contributed by atoms with E-state index in [1.54, 1.807) is 6.92 Å². The molecule has 0 aromatic carbocycles. The van der Waals surface area contributed by atoms with E-state index in [9.17, 15) is 0 Å². The molecule has 0 rings (SSSR count). The van der Waals surface area contributed by atoms with Crippen molar-refractivity contribution in [2.45, 2.75) is 17.7 Å². The van der Waals surface area contributed by atoms with Gasteiger partial charge in [-0.05, 0) is 6.92 Å². The van der Waals surface area contributed by atoms with Crippen LogP contribution in [0.25, 0.3) is 0 Å². The molecule has 0 atom stereocenters. The van der Waals surface area contributed by atoms with Crippen molar-refractivity contribution < 1.29 is 5.11 Å². The Morgan fingerprint density at radius 2 is 2.00 bits per heavy atom. The lowest BCUT2D eigenvalue weighted by molar-refractivity contribution is 0.283. The van der Waals surface area contributed by atoms with E-state index in [1.165, 1.54) is 0 Å². The summed E-state index contributed by atoms with van der Waals surface area (Å²) < 4.78 is -0.755. The van der Waals surface area contributed by atoms with Gasteiger partial charge in [-0.1, -0.05) is 0 Å². The molecule has 0 bridgehead atoms. The lowest BCUT2D eigenvalue weighted by Crippen LogP contribution is -2.07. The molecule has 0 spiro atoms. The zero-order valence-electron chi connectivity index (χ0n) is 4.12. The Morgan fingerprint density at radius 3 is 2.00 bits per heavy atom. The largest absolute Gasteiger partial charge is 0.396 e. The summed E-state index contributed by atoms with van der Waals surface area (Å²) >= 11 is 10.9. The van der Waals surface area contributed by atoms with E-state index in [2.05, 4.69) is 0 Å². The second-order valence-electron chi connectivity index (χ2n) is 1.54. The zero-order valence-corrected chi connectivity index (χ0v) is 5.63. The number of hydrogen-bond donors (Lipinski definition) is 1. The Kier molecular flexibility index (Phi) is 2.96. The summed E-state index contributed by atoms with van der Waals surface area (Å²) in [6.45, 7) is 1.69. The Morgan fingerprint density at radius 1 is 1.57 bits per heavy atom. The molecule has 0 aliphatic rings. The molecule has 7 heavy (non-hydrogen) atoms. The summed E-state index contributed by atoms with van der Waals surface area (Å²) in [6, 6.07) is 0. The van der Waals surface area contributed by atoms with Gasteiger partial charge in [-0.3, -0.25) is 0 Å². The minimum atomic E-state index is -0.755. The highest BCUT2D eigenvalue weighted by Crippen LogP contribution is 2.22. The molecule has 3 heteroatoms. The van der Waals surface area contributed by atoms with Gasteiger partial charge in [-0.2, -0.15) is 0 Å². The fraction of sp³-hybridized carbons (Fsp3) is 1.00. The number of hydrogen-bond acceptors (Lipinski definition) is 1. The topological polar surface area (TPSA) is 20.2 Å². The van der Waals surface area contributed by atoms with Gasteiger partial charge in [0.25, 0.3) is 0 Å². The van der Waals surface area contributed by atoms with Crippen molar-refractivity contribution in [1.29, 1.82) is 0 Å². The van der Waals surface area contributed by atoms with Gasteiger partial charge >= 0.3 is 0 Å². The maximum atomic E-state index is 8.23. The molecule has 0 heterocycles. The lowest BCUT2D eigenvalue weighted by Gasteiger charge is -2.08. The lowest BCUT2D eigenvalue weighted by atomic mass is 10.3. The monoisotopic (exact) mass is 142 g/mol. The van der Waals surface area contributed by atoms with Gasteiger partial charge in [0.05, 0.1) is 0 Å². The van der Waals surface area contributed by atoms with Crippen molar-refractivity contribution >= 4 is 23.2 Å². The van der Waals surface area contributed by atoms with Crippen molar-refractivity contribution in [2.75, 3.05) is 6.61 Å². The minimum absolute atomic E-state index is 0.0451. The highest BCUT2D eigenvalue weighted by Gasteiger charge is 2.13. The predicted octanol–water partition coefficient (Wildman–Crippen LogP) is 1.56. The van der Waals surface area contributed by atoms with Crippen molar-refractivity contribution in [3.8, 4) is 0 Å².